The maximum absolute atomic E-state index is 12.3. The van der Waals surface area contributed by atoms with Crippen molar-refractivity contribution >= 4 is 29.3 Å². The summed E-state index contributed by atoms with van der Waals surface area (Å²) in [5.41, 5.74) is 3.27. The number of amides is 1. The molecule has 0 saturated heterocycles. The average Bonchev–Trinajstić information content (AvgIpc) is 2.73. The van der Waals surface area contributed by atoms with Gasteiger partial charge in [0.05, 0.1) is 11.4 Å². The third kappa shape index (κ3) is 7.11. The lowest BCUT2D eigenvalue weighted by Gasteiger charge is -2.12. The van der Waals surface area contributed by atoms with Gasteiger partial charge in [-0.2, -0.15) is 0 Å². The zero-order valence-corrected chi connectivity index (χ0v) is 18.4. The molecule has 0 radical (unpaired) electrons. The molecule has 1 aromatic heterocycles. The lowest BCUT2D eigenvalue weighted by Crippen LogP contribution is -2.22. The van der Waals surface area contributed by atoms with Gasteiger partial charge in [0.2, 0.25) is 0 Å². The van der Waals surface area contributed by atoms with Crippen LogP contribution in [0, 0.1) is 20.8 Å². The quantitative estimate of drug-likeness (QED) is 0.316. The second-order valence-corrected chi connectivity index (χ2v) is 7.78. The number of carbonyl (C=O) groups excluding carboxylic acids is 2. The predicted molar refractivity (Wildman–Crippen MR) is 120 cm³/mol. The van der Waals surface area contributed by atoms with Crippen molar-refractivity contribution in [2.45, 2.75) is 25.9 Å². The minimum absolute atomic E-state index is 0.0172. The number of benzene rings is 2. The Balaban J connectivity index is 1.50. The lowest BCUT2D eigenvalue weighted by atomic mass is 10.2. The van der Waals surface area contributed by atoms with Gasteiger partial charge in [0, 0.05) is 11.4 Å². The standard InChI is InChI=1S/C23H23N3O4S/c1-15-8-10-18(11-9-15)30-20-7-5-4-6-19(20)26-21(27)13-29-22(28)14-31-23-24-16(2)12-17(3)25-23/h4-12H,13-14H2,1-3H3,(H,26,27). The second-order valence-electron chi connectivity index (χ2n) is 6.84. The van der Waals surface area contributed by atoms with E-state index in [-0.39, 0.29) is 5.75 Å². The van der Waals surface area contributed by atoms with Crippen LogP contribution >= 0.6 is 11.8 Å². The van der Waals surface area contributed by atoms with Gasteiger partial charge in [-0.25, -0.2) is 9.97 Å². The van der Waals surface area contributed by atoms with E-state index in [0.29, 0.717) is 22.3 Å². The molecule has 0 atom stereocenters. The van der Waals surface area contributed by atoms with Crippen molar-refractivity contribution in [1.82, 2.24) is 9.97 Å². The number of nitrogens with one attached hydrogen (secondary N) is 1. The third-order valence-electron chi connectivity index (χ3n) is 4.06. The fourth-order valence-corrected chi connectivity index (χ4v) is 3.40. The maximum Gasteiger partial charge on any atom is 0.316 e. The van der Waals surface area contributed by atoms with E-state index in [4.69, 9.17) is 9.47 Å². The Bertz CT molecular complexity index is 1050. The molecule has 2 aromatic carbocycles. The number of ether oxygens (including phenoxy) is 2. The van der Waals surface area contributed by atoms with E-state index in [0.717, 1.165) is 17.0 Å². The summed E-state index contributed by atoms with van der Waals surface area (Å²) in [4.78, 5) is 32.7. The molecule has 7 nitrogen and oxygen atoms in total. The fraction of sp³-hybridized carbons (Fsp3) is 0.217. The number of hydrogen-bond donors (Lipinski definition) is 1. The molecule has 0 bridgehead atoms. The van der Waals surface area contributed by atoms with E-state index in [1.54, 1.807) is 18.2 Å². The number of para-hydroxylation sites is 2. The van der Waals surface area contributed by atoms with Crippen LogP contribution in [0.15, 0.2) is 59.8 Å². The van der Waals surface area contributed by atoms with Crippen molar-refractivity contribution in [2.75, 3.05) is 17.7 Å². The number of esters is 1. The second kappa shape index (κ2) is 10.6. The maximum atomic E-state index is 12.3. The smallest absolute Gasteiger partial charge is 0.316 e. The molecule has 31 heavy (non-hydrogen) atoms. The molecule has 0 saturated carbocycles. The zero-order chi connectivity index (χ0) is 22.2. The Morgan fingerprint density at radius 2 is 1.65 bits per heavy atom. The minimum Gasteiger partial charge on any atom is -0.455 e. The third-order valence-corrected chi connectivity index (χ3v) is 4.88. The molecule has 1 amide bonds. The molecule has 8 heteroatoms. The van der Waals surface area contributed by atoms with Crippen molar-refractivity contribution < 1.29 is 19.1 Å². The van der Waals surface area contributed by atoms with E-state index in [9.17, 15) is 9.59 Å². The van der Waals surface area contributed by atoms with Gasteiger partial charge in [0.1, 0.15) is 5.75 Å². The highest BCUT2D eigenvalue weighted by Crippen LogP contribution is 2.29. The first-order valence-electron chi connectivity index (χ1n) is 9.63. The number of thioether (sulfide) groups is 1. The summed E-state index contributed by atoms with van der Waals surface area (Å²) < 4.78 is 10.9. The van der Waals surface area contributed by atoms with E-state index in [1.165, 1.54) is 11.8 Å². The van der Waals surface area contributed by atoms with Crippen LogP contribution < -0.4 is 10.1 Å². The van der Waals surface area contributed by atoms with Gasteiger partial charge in [0.25, 0.3) is 5.91 Å². The van der Waals surface area contributed by atoms with Gasteiger partial charge in [0.15, 0.2) is 17.5 Å². The summed E-state index contributed by atoms with van der Waals surface area (Å²) in [5.74, 6) is 0.189. The summed E-state index contributed by atoms with van der Waals surface area (Å²) >= 11 is 1.17. The van der Waals surface area contributed by atoms with Crippen molar-refractivity contribution in [3.63, 3.8) is 0 Å². The molecule has 0 aliphatic rings. The summed E-state index contributed by atoms with van der Waals surface area (Å²) in [6.07, 6.45) is 0. The van der Waals surface area contributed by atoms with Crippen molar-refractivity contribution in [2.24, 2.45) is 0 Å². The highest BCUT2D eigenvalue weighted by Gasteiger charge is 2.12. The molecule has 1 N–H and O–H groups in total. The van der Waals surface area contributed by atoms with Crippen LogP contribution in [-0.4, -0.2) is 34.2 Å². The zero-order valence-electron chi connectivity index (χ0n) is 17.5. The molecule has 1 heterocycles. The molecule has 3 rings (SSSR count). The first kappa shape index (κ1) is 22.3. The van der Waals surface area contributed by atoms with Crippen molar-refractivity contribution in [1.29, 1.82) is 0 Å². The molecule has 0 aliphatic heterocycles. The molecule has 0 unspecified atom stereocenters. The van der Waals surface area contributed by atoms with Crippen LogP contribution in [0.5, 0.6) is 11.5 Å². The van der Waals surface area contributed by atoms with Gasteiger partial charge in [-0.15, -0.1) is 0 Å². The summed E-state index contributed by atoms with van der Waals surface area (Å²) in [6, 6.07) is 16.5. The Kier molecular flexibility index (Phi) is 7.61. The first-order chi connectivity index (χ1) is 14.9. The molecule has 160 valence electrons. The number of anilines is 1. The Labute approximate surface area is 185 Å². The summed E-state index contributed by atoms with van der Waals surface area (Å²) in [6.45, 7) is 5.32. The molecule has 0 spiro atoms. The minimum atomic E-state index is -0.521. The van der Waals surface area contributed by atoms with Crippen molar-refractivity contribution in [3.8, 4) is 11.5 Å². The monoisotopic (exact) mass is 437 g/mol. The number of carbonyl (C=O) groups is 2. The number of nitrogens with zero attached hydrogens (tertiary/aromatic N) is 2. The molecular weight excluding hydrogens is 414 g/mol. The number of hydrogen-bond acceptors (Lipinski definition) is 7. The van der Waals surface area contributed by atoms with E-state index >= 15 is 0 Å². The van der Waals surface area contributed by atoms with Gasteiger partial charge in [-0.1, -0.05) is 41.6 Å². The number of rotatable bonds is 8. The van der Waals surface area contributed by atoms with Crippen LogP contribution in [0.25, 0.3) is 0 Å². The SMILES string of the molecule is Cc1ccc(Oc2ccccc2NC(=O)COC(=O)CSc2nc(C)cc(C)n2)cc1. The van der Waals surface area contributed by atoms with Crippen LogP contribution in [0.2, 0.25) is 0 Å². The normalized spacial score (nSPS) is 10.4. The van der Waals surface area contributed by atoms with E-state index in [1.807, 2.05) is 57.2 Å². The van der Waals surface area contributed by atoms with Crippen LogP contribution in [-0.2, 0) is 14.3 Å². The highest BCUT2D eigenvalue weighted by molar-refractivity contribution is 7.99. The topological polar surface area (TPSA) is 90.4 Å². The number of aryl methyl sites for hydroxylation is 3. The van der Waals surface area contributed by atoms with Crippen LogP contribution in [0.4, 0.5) is 5.69 Å². The molecular formula is C23H23N3O4S. The first-order valence-corrected chi connectivity index (χ1v) is 10.6. The van der Waals surface area contributed by atoms with Crippen LogP contribution in [0.1, 0.15) is 17.0 Å². The highest BCUT2D eigenvalue weighted by atomic mass is 32.2. The molecule has 0 aliphatic carbocycles. The van der Waals surface area contributed by atoms with E-state index in [2.05, 4.69) is 15.3 Å². The molecule has 0 fully saturated rings. The van der Waals surface area contributed by atoms with Gasteiger partial charge in [-0.3, -0.25) is 9.59 Å². The average molecular weight is 438 g/mol. The number of aromatic nitrogens is 2. The molecule has 3 aromatic rings. The Morgan fingerprint density at radius 1 is 0.968 bits per heavy atom. The van der Waals surface area contributed by atoms with Gasteiger partial charge < -0.3 is 14.8 Å². The van der Waals surface area contributed by atoms with Crippen molar-refractivity contribution in [3.05, 3.63) is 71.5 Å². The fourth-order valence-electron chi connectivity index (χ4n) is 2.65. The summed E-state index contributed by atoms with van der Waals surface area (Å²) in [5, 5.41) is 3.21. The lowest BCUT2D eigenvalue weighted by molar-refractivity contribution is -0.144. The van der Waals surface area contributed by atoms with Crippen LogP contribution in [0.3, 0.4) is 0 Å². The largest absolute Gasteiger partial charge is 0.455 e. The van der Waals surface area contributed by atoms with E-state index < -0.39 is 18.5 Å². The predicted octanol–water partition coefficient (Wildman–Crippen LogP) is 4.47. The summed E-state index contributed by atoms with van der Waals surface area (Å²) in [7, 11) is 0. The Hall–Kier alpha value is -3.39. The Morgan fingerprint density at radius 3 is 2.35 bits per heavy atom. The van der Waals surface area contributed by atoms with Gasteiger partial charge >= 0.3 is 5.97 Å². The van der Waals surface area contributed by atoms with Gasteiger partial charge in [-0.05, 0) is 51.1 Å².